The molecule has 0 aliphatic heterocycles. The Morgan fingerprint density at radius 2 is 2.00 bits per heavy atom. The van der Waals surface area contributed by atoms with Crippen molar-refractivity contribution < 1.29 is 13.6 Å². The lowest BCUT2D eigenvalue weighted by atomic mass is 10.0. The van der Waals surface area contributed by atoms with Crippen molar-refractivity contribution >= 4 is 16.9 Å². The summed E-state index contributed by atoms with van der Waals surface area (Å²) < 4.78 is 29.6. The number of halogens is 2. The lowest BCUT2D eigenvalue weighted by molar-refractivity contribution is -0.129. The van der Waals surface area contributed by atoms with Crippen molar-refractivity contribution in [3.8, 4) is 11.1 Å². The number of hydrogen-bond donors (Lipinski definition) is 0. The third-order valence-corrected chi connectivity index (χ3v) is 4.05. The first-order valence-corrected chi connectivity index (χ1v) is 7.48. The molecule has 0 bridgehead atoms. The molecule has 0 unspecified atom stereocenters. The Kier molecular flexibility index (Phi) is 4.05. The number of rotatable bonds is 3. The lowest BCUT2D eigenvalue weighted by Gasteiger charge is -2.12. The number of benzene rings is 1. The van der Waals surface area contributed by atoms with E-state index in [0.29, 0.717) is 11.1 Å². The molecule has 124 valence electrons. The number of aromatic nitrogens is 2. The van der Waals surface area contributed by atoms with Crippen LogP contribution in [0, 0.1) is 18.6 Å². The average Bonchev–Trinajstić information content (AvgIpc) is 2.95. The molecule has 0 aliphatic rings. The largest absolute Gasteiger partial charge is 0.347 e. The quantitative estimate of drug-likeness (QED) is 0.739. The number of carbonyl (C=O) groups excluding carboxylic acids is 1. The maximum atomic E-state index is 14.4. The normalized spacial score (nSPS) is 11.0. The Labute approximate surface area is 138 Å². The molecule has 0 radical (unpaired) electrons. The van der Waals surface area contributed by atoms with Gasteiger partial charge in [0.2, 0.25) is 5.91 Å². The fraction of sp³-hybridized carbons (Fsp3) is 0.222. The van der Waals surface area contributed by atoms with Crippen molar-refractivity contribution in [2.75, 3.05) is 14.1 Å². The molecule has 24 heavy (non-hydrogen) atoms. The highest BCUT2D eigenvalue weighted by Gasteiger charge is 2.14. The zero-order chi connectivity index (χ0) is 17.4. The number of amides is 1. The molecule has 1 amide bonds. The van der Waals surface area contributed by atoms with Crippen LogP contribution in [-0.2, 0) is 11.3 Å². The summed E-state index contributed by atoms with van der Waals surface area (Å²) >= 11 is 0. The number of nitrogens with zero attached hydrogens (tertiary/aromatic N) is 3. The van der Waals surface area contributed by atoms with Crippen molar-refractivity contribution in [2.24, 2.45) is 0 Å². The third kappa shape index (κ3) is 2.75. The van der Waals surface area contributed by atoms with Gasteiger partial charge in [0.25, 0.3) is 0 Å². The fourth-order valence-electron chi connectivity index (χ4n) is 2.52. The topological polar surface area (TPSA) is 38.1 Å². The van der Waals surface area contributed by atoms with Crippen LogP contribution in [0.4, 0.5) is 8.78 Å². The summed E-state index contributed by atoms with van der Waals surface area (Å²) in [5.74, 6) is -1.23. The van der Waals surface area contributed by atoms with E-state index < -0.39 is 11.6 Å². The van der Waals surface area contributed by atoms with Crippen LogP contribution < -0.4 is 0 Å². The van der Waals surface area contributed by atoms with Crippen molar-refractivity contribution in [1.82, 2.24) is 14.5 Å². The molecule has 0 saturated carbocycles. The van der Waals surface area contributed by atoms with Gasteiger partial charge in [0.15, 0.2) is 0 Å². The molecule has 0 fully saturated rings. The molecular weight excluding hydrogens is 312 g/mol. The van der Waals surface area contributed by atoms with Gasteiger partial charge in [-0.1, -0.05) is 0 Å². The van der Waals surface area contributed by atoms with Crippen LogP contribution in [0.1, 0.15) is 5.56 Å². The molecule has 0 atom stereocenters. The zero-order valence-electron chi connectivity index (χ0n) is 13.7. The van der Waals surface area contributed by atoms with Crippen LogP contribution in [0.15, 0.2) is 36.7 Å². The first-order valence-electron chi connectivity index (χ1n) is 7.48. The van der Waals surface area contributed by atoms with Crippen molar-refractivity contribution in [1.29, 1.82) is 0 Å². The van der Waals surface area contributed by atoms with E-state index in [-0.39, 0.29) is 23.6 Å². The number of hydrogen-bond acceptors (Lipinski definition) is 2. The summed E-state index contributed by atoms with van der Waals surface area (Å²) in [6.45, 7) is 1.57. The number of likely N-dealkylation sites (N-methyl/N-ethyl adjacent to an activating group) is 1. The van der Waals surface area contributed by atoms with Crippen LogP contribution in [0.3, 0.4) is 0 Å². The highest BCUT2D eigenvalue weighted by atomic mass is 19.1. The SMILES string of the molecule is Cc1c(F)ccc(-c2cnc3ccn(CC(=O)N(C)C)c3c2)c1F. The zero-order valence-corrected chi connectivity index (χ0v) is 13.7. The highest BCUT2D eigenvalue weighted by Crippen LogP contribution is 2.28. The van der Waals surface area contributed by atoms with Gasteiger partial charge in [0, 0.05) is 43.2 Å². The summed E-state index contributed by atoms with van der Waals surface area (Å²) in [6, 6.07) is 6.21. The second-order valence-corrected chi connectivity index (χ2v) is 5.89. The number of pyridine rings is 1. The molecule has 0 aliphatic carbocycles. The molecule has 6 heteroatoms. The Morgan fingerprint density at radius 1 is 1.25 bits per heavy atom. The summed E-state index contributed by atoms with van der Waals surface area (Å²) in [5.41, 5.74) is 2.25. The van der Waals surface area contributed by atoms with Gasteiger partial charge in [-0.3, -0.25) is 9.78 Å². The van der Waals surface area contributed by atoms with E-state index in [1.54, 1.807) is 43.2 Å². The molecule has 0 spiro atoms. The molecule has 0 N–H and O–H groups in total. The van der Waals surface area contributed by atoms with Gasteiger partial charge in [-0.15, -0.1) is 0 Å². The van der Waals surface area contributed by atoms with Gasteiger partial charge in [0.1, 0.15) is 18.2 Å². The maximum Gasteiger partial charge on any atom is 0.241 e. The first kappa shape index (κ1) is 16.1. The summed E-state index contributed by atoms with van der Waals surface area (Å²) in [5, 5.41) is 0. The van der Waals surface area contributed by atoms with E-state index in [2.05, 4.69) is 4.98 Å². The first-order chi connectivity index (χ1) is 11.4. The van der Waals surface area contributed by atoms with E-state index in [9.17, 15) is 13.6 Å². The summed E-state index contributed by atoms with van der Waals surface area (Å²) in [4.78, 5) is 17.8. The predicted molar refractivity (Wildman–Crippen MR) is 88.5 cm³/mol. The Hall–Kier alpha value is -2.76. The third-order valence-electron chi connectivity index (χ3n) is 4.05. The number of fused-ring (bicyclic) bond motifs is 1. The smallest absolute Gasteiger partial charge is 0.241 e. The van der Waals surface area contributed by atoms with Crippen LogP contribution in [-0.4, -0.2) is 34.5 Å². The Balaban J connectivity index is 2.08. The molecule has 4 nitrogen and oxygen atoms in total. The minimum absolute atomic E-state index is 0.0224. The van der Waals surface area contributed by atoms with Gasteiger partial charge in [-0.05, 0) is 31.2 Å². The molecule has 2 heterocycles. The van der Waals surface area contributed by atoms with Crippen LogP contribution in [0.2, 0.25) is 0 Å². The summed E-state index contributed by atoms with van der Waals surface area (Å²) in [7, 11) is 3.38. The van der Waals surface area contributed by atoms with E-state index in [0.717, 1.165) is 5.52 Å². The van der Waals surface area contributed by atoms with E-state index >= 15 is 0 Å². The van der Waals surface area contributed by atoms with E-state index in [4.69, 9.17) is 0 Å². The van der Waals surface area contributed by atoms with Crippen molar-refractivity contribution in [2.45, 2.75) is 13.5 Å². The van der Waals surface area contributed by atoms with Crippen molar-refractivity contribution in [3.63, 3.8) is 0 Å². The second-order valence-electron chi connectivity index (χ2n) is 5.89. The van der Waals surface area contributed by atoms with Gasteiger partial charge in [0.05, 0.1) is 11.0 Å². The van der Waals surface area contributed by atoms with E-state index in [1.165, 1.54) is 24.0 Å². The number of carbonyl (C=O) groups is 1. The molecule has 1 aromatic carbocycles. The van der Waals surface area contributed by atoms with Gasteiger partial charge < -0.3 is 9.47 Å². The van der Waals surface area contributed by atoms with E-state index in [1.807, 2.05) is 0 Å². The highest BCUT2D eigenvalue weighted by molar-refractivity contribution is 5.84. The molecular formula is C18H17F2N3O. The predicted octanol–water partition coefficient (Wildman–Crippen LogP) is 3.38. The van der Waals surface area contributed by atoms with Crippen LogP contribution in [0.5, 0.6) is 0 Å². The maximum absolute atomic E-state index is 14.4. The molecule has 3 rings (SSSR count). The average molecular weight is 329 g/mol. The van der Waals surface area contributed by atoms with Crippen molar-refractivity contribution in [3.05, 3.63) is 53.9 Å². The second kappa shape index (κ2) is 6.03. The Morgan fingerprint density at radius 3 is 2.71 bits per heavy atom. The van der Waals surface area contributed by atoms with Gasteiger partial charge >= 0.3 is 0 Å². The van der Waals surface area contributed by atoms with Gasteiger partial charge in [-0.25, -0.2) is 8.78 Å². The fourth-order valence-corrected chi connectivity index (χ4v) is 2.52. The Bertz CT molecular complexity index is 931. The standard InChI is InChI=1S/C18H17F2N3O/c1-11-14(19)5-4-13(18(11)20)12-8-16-15(21-9-12)6-7-23(16)10-17(24)22(2)3/h4-9H,10H2,1-3H3. The molecule has 2 aromatic heterocycles. The van der Waals surface area contributed by atoms with Gasteiger partial charge in [-0.2, -0.15) is 0 Å². The van der Waals surface area contributed by atoms with Crippen LogP contribution >= 0.6 is 0 Å². The minimum atomic E-state index is -0.598. The summed E-state index contributed by atoms with van der Waals surface area (Å²) in [6.07, 6.45) is 3.32. The monoisotopic (exact) mass is 329 g/mol. The minimum Gasteiger partial charge on any atom is -0.347 e. The molecule has 3 aromatic rings. The lowest BCUT2D eigenvalue weighted by Crippen LogP contribution is -2.25. The molecule has 0 saturated heterocycles. The van der Waals surface area contributed by atoms with Crippen LogP contribution in [0.25, 0.3) is 22.2 Å².